The van der Waals surface area contributed by atoms with Crippen LogP contribution in [0.3, 0.4) is 0 Å². The maximum atomic E-state index is 12.6. The van der Waals surface area contributed by atoms with Gasteiger partial charge in [-0.3, -0.25) is 14.2 Å². The highest BCUT2D eigenvalue weighted by atomic mass is 35.5. The zero-order chi connectivity index (χ0) is 19.5. The molecule has 0 N–H and O–H groups in total. The number of carbonyl (C=O) groups is 1. The van der Waals surface area contributed by atoms with E-state index in [0.717, 1.165) is 18.8 Å². The van der Waals surface area contributed by atoms with E-state index in [-0.39, 0.29) is 18.0 Å². The molecule has 0 aliphatic carbocycles. The van der Waals surface area contributed by atoms with Gasteiger partial charge in [-0.15, -0.1) is 0 Å². The van der Waals surface area contributed by atoms with E-state index >= 15 is 0 Å². The third-order valence-electron chi connectivity index (χ3n) is 4.76. The first kappa shape index (κ1) is 18.3. The van der Waals surface area contributed by atoms with Crippen LogP contribution in [0.1, 0.15) is 0 Å². The van der Waals surface area contributed by atoms with E-state index in [9.17, 15) is 9.59 Å². The van der Waals surface area contributed by atoms with Gasteiger partial charge >= 0.3 is 0 Å². The van der Waals surface area contributed by atoms with E-state index < -0.39 is 0 Å². The topological polar surface area (TPSA) is 71.6 Å². The molecule has 0 saturated carbocycles. The quantitative estimate of drug-likeness (QED) is 0.675. The normalized spacial score (nSPS) is 14.3. The van der Waals surface area contributed by atoms with Crippen LogP contribution in [0.4, 0.5) is 5.69 Å². The van der Waals surface area contributed by atoms with Gasteiger partial charge in [0.1, 0.15) is 12.2 Å². The number of nitrogens with zero attached hydrogens (tertiary/aromatic N) is 4. The molecule has 0 radical (unpaired) electrons. The molecule has 1 aliphatic heterocycles. The number of piperazine rings is 1. The Morgan fingerprint density at radius 1 is 1.11 bits per heavy atom. The molecule has 0 atom stereocenters. The highest BCUT2D eigenvalue weighted by Gasteiger charge is 2.22. The van der Waals surface area contributed by atoms with Gasteiger partial charge in [0.05, 0.1) is 12.6 Å². The van der Waals surface area contributed by atoms with Crippen molar-refractivity contribution in [3.63, 3.8) is 0 Å². The number of rotatable bonds is 4. The number of hydrogen-bond acceptors (Lipinski definition) is 5. The van der Waals surface area contributed by atoms with Gasteiger partial charge in [0, 0.05) is 43.0 Å². The number of furan rings is 1. The first-order chi connectivity index (χ1) is 13.6. The highest BCUT2D eigenvalue weighted by Crippen LogP contribution is 2.21. The van der Waals surface area contributed by atoms with Crippen molar-refractivity contribution in [3.8, 4) is 11.5 Å². The second-order valence-corrected chi connectivity index (χ2v) is 7.00. The Hall–Kier alpha value is -3.06. The predicted molar refractivity (Wildman–Crippen MR) is 106 cm³/mol. The minimum atomic E-state index is -0.285. The lowest BCUT2D eigenvalue weighted by molar-refractivity contribution is -0.132. The fourth-order valence-corrected chi connectivity index (χ4v) is 3.42. The number of carbonyl (C=O) groups excluding carboxylic acids is 1. The Balaban J connectivity index is 1.38. The molecule has 144 valence electrons. The Labute approximate surface area is 166 Å². The van der Waals surface area contributed by atoms with Gasteiger partial charge < -0.3 is 14.2 Å². The van der Waals surface area contributed by atoms with Crippen molar-refractivity contribution in [3.05, 3.63) is 70.4 Å². The molecule has 1 amide bonds. The van der Waals surface area contributed by atoms with E-state index in [1.165, 1.54) is 23.2 Å². The number of aromatic nitrogens is 2. The van der Waals surface area contributed by atoms with Crippen LogP contribution < -0.4 is 10.5 Å². The molecule has 4 rings (SSSR count). The Bertz CT molecular complexity index is 1020. The lowest BCUT2D eigenvalue weighted by Gasteiger charge is -2.36. The van der Waals surface area contributed by atoms with Crippen LogP contribution in [-0.2, 0) is 11.3 Å². The van der Waals surface area contributed by atoms with Crippen LogP contribution in [0.2, 0.25) is 5.02 Å². The fraction of sp³-hybridized carbons (Fsp3) is 0.250. The van der Waals surface area contributed by atoms with Gasteiger partial charge in [0.25, 0.3) is 5.56 Å². The zero-order valence-corrected chi connectivity index (χ0v) is 15.9. The highest BCUT2D eigenvalue weighted by molar-refractivity contribution is 6.30. The van der Waals surface area contributed by atoms with E-state index in [0.29, 0.717) is 29.6 Å². The summed E-state index contributed by atoms with van der Waals surface area (Å²) in [5.41, 5.74) is 1.22. The number of halogens is 1. The van der Waals surface area contributed by atoms with Crippen molar-refractivity contribution in [1.29, 1.82) is 0 Å². The molecule has 2 aromatic heterocycles. The lowest BCUT2D eigenvalue weighted by Crippen LogP contribution is -2.50. The molecule has 28 heavy (non-hydrogen) atoms. The monoisotopic (exact) mass is 398 g/mol. The molecule has 3 aromatic rings. The first-order valence-electron chi connectivity index (χ1n) is 8.99. The maximum absolute atomic E-state index is 12.6. The Kier molecular flexibility index (Phi) is 5.16. The standard InChI is InChI=1S/C20H19ClN4O3/c21-15-3-1-4-16(11-15)23-6-8-24(9-7-23)20(27)13-25-14-22-17(12-19(25)26)18-5-2-10-28-18/h1-5,10-12,14H,6-9,13H2. The second-order valence-electron chi connectivity index (χ2n) is 6.57. The Morgan fingerprint density at radius 2 is 1.93 bits per heavy atom. The summed E-state index contributed by atoms with van der Waals surface area (Å²) < 4.78 is 6.56. The van der Waals surface area contributed by atoms with Gasteiger partial charge in [-0.2, -0.15) is 0 Å². The molecular weight excluding hydrogens is 380 g/mol. The smallest absolute Gasteiger partial charge is 0.254 e. The summed E-state index contributed by atoms with van der Waals surface area (Å²) in [5.74, 6) is 0.424. The second kappa shape index (κ2) is 7.90. The van der Waals surface area contributed by atoms with E-state index in [4.69, 9.17) is 16.0 Å². The summed E-state index contributed by atoms with van der Waals surface area (Å²) in [5, 5.41) is 0.695. The molecule has 0 spiro atoms. The molecule has 0 bridgehead atoms. The minimum Gasteiger partial charge on any atom is -0.463 e. The predicted octanol–water partition coefficient (Wildman–Crippen LogP) is 2.51. The third-order valence-corrected chi connectivity index (χ3v) is 5.00. The average molecular weight is 399 g/mol. The fourth-order valence-electron chi connectivity index (χ4n) is 3.24. The van der Waals surface area contributed by atoms with Crippen LogP contribution >= 0.6 is 11.6 Å². The summed E-state index contributed by atoms with van der Waals surface area (Å²) >= 11 is 6.06. The molecule has 1 fully saturated rings. The lowest BCUT2D eigenvalue weighted by atomic mass is 10.2. The van der Waals surface area contributed by atoms with Gasteiger partial charge in [-0.1, -0.05) is 17.7 Å². The van der Waals surface area contributed by atoms with Gasteiger partial charge in [-0.05, 0) is 30.3 Å². The zero-order valence-electron chi connectivity index (χ0n) is 15.1. The largest absolute Gasteiger partial charge is 0.463 e. The molecule has 1 aromatic carbocycles. The Morgan fingerprint density at radius 3 is 2.61 bits per heavy atom. The number of hydrogen-bond donors (Lipinski definition) is 0. The number of amides is 1. The van der Waals surface area contributed by atoms with E-state index in [1.54, 1.807) is 17.0 Å². The van der Waals surface area contributed by atoms with Crippen molar-refractivity contribution >= 4 is 23.2 Å². The van der Waals surface area contributed by atoms with Gasteiger partial charge in [-0.25, -0.2) is 4.98 Å². The van der Waals surface area contributed by atoms with Crippen molar-refractivity contribution in [2.24, 2.45) is 0 Å². The van der Waals surface area contributed by atoms with E-state index in [2.05, 4.69) is 9.88 Å². The summed E-state index contributed by atoms with van der Waals surface area (Å²) in [4.78, 5) is 33.1. The van der Waals surface area contributed by atoms with Crippen LogP contribution in [0, 0.1) is 0 Å². The third kappa shape index (κ3) is 3.94. The van der Waals surface area contributed by atoms with Crippen molar-refractivity contribution < 1.29 is 9.21 Å². The number of benzene rings is 1. The summed E-state index contributed by atoms with van der Waals surface area (Å²) in [7, 11) is 0. The first-order valence-corrected chi connectivity index (χ1v) is 9.36. The molecule has 7 nitrogen and oxygen atoms in total. The minimum absolute atomic E-state index is 0.0264. The summed E-state index contributed by atoms with van der Waals surface area (Å²) in [6.07, 6.45) is 2.91. The maximum Gasteiger partial charge on any atom is 0.254 e. The van der Waals surface area contributed by atoms with Crippen LogP contribution in [0.15, 0.2) is 64.3 Å². The number of anilines is 1. The van der Waals surface area contributed by atoms with E-state index in [1.807, 2.05) is 24.3 Å². The van der Waals surface area contributed by atoms with Crippen LogP contribution in [0.5, 0.6) is 0 Å². The molecule has 0 unspecified atom stereocenters. The molecule has 1 saturated heterocycles. The van der Waals surface area contributed by atoms with Gasteiger partial charge in [0.15, 0.2) is 5.76 Å². The van der Waals surface area contributed by atoms with Crippen molar-refractivity contribution in [1.82, 2.24) is 14.5 Å². The van der Waals surface area contributed by atoms with Gasteiger partial charge in [0.2, 0.25) is 5.91 Å². The molecule has 1 aliphatic rings. The van der Waals surface area contributed by atoms with Crippen LogP contribution in [-0.4, -0.2) is 46.5 Å². The summed E-state index contributed by atoms with van der Waals surface area (Å²) in [6.45, 7) is 2.60. The molecular formula is C20H19ClN4O3. The average Bonchev–Trinajstić information content (AvgIpc) is 3.24. The van der Waals surface area contributed by atoms with Crippen molar-refractivity contribution in [2.45, 2.75) is 6.54 Å². The summed E-state index contributed by atoms with van der Waals surface area (Å²) in [6, 6.07) is 12.5. The SMILES string of the molecule is O=C(Cn1cnc(-c2ccco2)cc1=O)N1CCN(c2cccc(Cl)c2)CC1. The van der Waals surface area contributed by atoms with Crippen molar-refractivity contribution in [2.75, 3.05) is 31.1 Å². The van der Waals surface area contributed by atoms with Crippen LogP contribution in [0.25, 0.3) is 11.5 Å². The molecule has 3 heterocycles. The molecule has 8 heteroatoms.